The third kappa shape index (κ3) is 5.57. The van der Waals surface area contributed by atoms with E-state index in [2.05, 4.69) is 41.5 Å². The molecule has 2 atom stereocenters. The molecule has 4 rings (SSSR count). The molecule has 0 aliphatic heterocycles. The number of carbonyl (C=O) groups excluding carboxylic acids is 1. The van der Waals surface area contributed by atoms with Crippen molar-refractivity contribution in [3.63, 3.8) is 0 Å². The normalized spacial score (nSPS) is 18.8. The van der Waals surface area contributed by atoms with Crippen molar-refractivity contribution >= 4 is 50.2 Å². The molecule has 1 unspecified atom stereocenters. The van der Waals surface area contributed by atoms with Crippen LogP contribution in [0.15, 0.2) is 46.2 Å². The fourth-order valence-corrected chi connectivity index (χ4v) is 4.69. The number of para-hydroxylation sites is 1. The first-order valence-electron chi connectivity index (χ1n) is 10.4. The number of halogens is 4. The van der Waals surface area contributed by atoms with Gasteiger partial charge in [-0.1, -0.05) is 30.0 Å². The Kier molecular flexibility index (Phi) is 7.08. The van der Waals surface area contributed by atoms with Gasteiger partial charge in [0.2, 0.25) is 0 Å². The lowest BCUT2D eigenvalue weighted by atomic mass is 9.90. The Morgan fingerprint density at radius 1 is 1.18 bits per heavy atom. The number of nitrogens with zero attached hydrogens (tertiary/aromatic N) is 3. The number of aromatic nitrogens is 3. The van der Waals surface area contributed by atoms with Gasteiger partial charge >= 0.3 is 6.18 Å². The van der Waals surface area contributed by atoms with Crippen molar-refractivity contribution < 1.29 is 18.0 Å². The highest BCUT2D eigenvalue weighted by atomic mass is 79.9. The highest BCUT2D eigenvalue weighted by Crippen LogP contribution is 2.34. The highest BCUT2D eigenvalue weighted by Gasteiger charge is 2.34. The van der Waals surface area contributed by atoms with Crippen LogP contribution in [0, 0.1) is 0 Å². The second-order valence-corrected chi connectivity index (χ2v) is 9.43. The largest absolute Gasteiger partial charge is 0.433 e. The average Bonchev–Trinajstić information content (AvgIpc) is 2.79. The molecular weight excluding hydrogens is 519 g/mol. The van der Waals surface area contributed by atoms with Crippen molar-refractivity contribution in [2.24, 2.45) is 0 Å². The van der Waals surface area contributed by atoms with E-state index in [9.17, 15) is 18.0 Å². The summed E-state index contributed by atoms with van der Waals surface area (Å²) < 4.78 is 40.6. The Morgan fingerprint density at radius 2 is 1.94 bits per heavy atom. The lowest BCUT2D eigenvalue weighted by Gasteiger charge is -2.31. The van der Waals surface area contributed by atoms with Crippen LogP contribution in [0.2, 0.25) is 0 Å². The number of amides is 1. The number of pyridine rings is 1. The Morgan fingerprint density at radius 3 is 2.70 bits per heavy atom. The van der Waals surface area contributed by atoms with E-state index in [1.165, 1.54) is 11.8 Å². The number of benzene rings is 1. The zero-order valence-corrected chi connectivity index (χ0v) is 20.0. The molecular formula is C22H21BrF3N5OS. The average molecular weight is 540 g/mol. The molecule has 0 saturated heterocycles. The monoisotopic (exact) mass is 539 g/mol. The van der Waals surface area contributed by atoms with E-state index in [1.54, 1.807) is 30.5 Å². The number of alkyl halides is 3. The van der Waals surface area contributed by atoms with Crippen LogP contribution in [-0.4, -0.2) is 39.2 Å². The van der Waals surface area contributed by atoms with E-state index in [1.807, 2.05) is 6.26 Å². The molecule has 0 radical (unpaired) electrons. The van der Waals surface area contributed by atoms with Gasteiger partial charge < -0.3 is 10.6 Å². The molecule has 11 heteroatoms. The summed E-state index contributed by atoms with van der Waals surface area (Å²) in [5.41, 5.74) is 0.0173. The molecule has 2 N–H and O–H groups in total. The quantitative estimate of drug-likeness (QED) is 0.320. The summed E-state index contributed by atoms with van der Waals surface area (Å²) in [7, 11) is 0. The van der Waals surface area contributed by atoms with Crippen LogP contribution in [0.4, 0.5) is 18.9 Å². The van der Waals surface area contributed by atoms with Crippen LogP contribution in [0.25, 0.3) is 10.9 Å². The molecule has 1 saturated carbocycles. The van der Waals surface area contributed by atoms with E-state index in [-0.39, 0.29) is 29.2 Å². The number of fused-ring (bicyclic) bond motifs is 1. The number of hydrogen-bond acceptors (Lipinski definition) is 6. The molecule has 1 aromatic carbocycles. The van der Waals surface area contributed by atoms with Crippen molar-refractivity contribution in [3.8, 4) is 0 Å². The zero-order chi connectivity index (χ0) is 23.6. The number of nitrogens with one attached hydrogen (secondary N) is 2. The van der Waals surface area contributed by atoms with Gasteiger partial charge in [-0.25, -0.2) is 15.0 Å². The second kappa shape index (κ2) is 9.84. The SMILES string of the molecule is CSc1ncc(Br)c(C(=O)NC2CCC[C@H](Nc3cc(C(F)(F)F)nc4ccccc34)C2)n1. The molecule has 2 heterocycles. The maximum atomic E-state index is 13.4. The molecule has 0 spiro atoms. The van der Waals surface area contributed by atoms with Crippen LogP contribution in [0.3, 0.4) is 0 Å². The maximum Gasteiger partial charge on any atom is 0.433 e. The third-order valence-electron chi connectivity index (χ3n) is 5.50. The molecule has 1 aliphatic carbocycles. The molecule has 1 aliphatic rings. The lowest BCUT2D eigenvalue weighted by molar-refractivity contribution is -0.140. The van der Waals surface area contributed by atoms with Gasteiger partial charge in [0.1, 0.15) is 11.4 Å². The number of anilines is 1. The first-order chi connectivity index (χ1) is 15.7. The Labute approximate surface area is 201 Å². The predicted molar refractivity (Wildman–Crippen MR) is 125 cm³/mol. The number of carbonyl (C=O) groups is 1. The van der Waals surface area contributed by atoms with Gasteiger partial charge in [0.05, 0.1) is 9.99 Å². The van der Waals surface area contributed by atoms with Crippen molar-refractivity contribution in [2.45, 2.75) is 49.1 Å². The lowest BCUT2D eigenvalue weighted by Crippen LogP contribution is -2.42. The summed E-state index contributed by atoms with van der Waals surface area (Å²) in [5.74, 6) is -0.307. The number of rotatable bonds is 5. The van der Waals surface area contributed by atoms with Crippen molar-refractivity contribution in [3.05, 3.63) is 52.4 Å². The Hall–Kier alpha value is -2.40. The summed E-state index contributed by atoms with van der Waals surface area (Å²) in [6.07, 6.45) is 1.83. The molecule has 1 fully saturated rings. The maximum absolute atomic E-state index is 13.4. The standard InChI is InChI=1S/C22H21BrF3N5OS/c1-33-21-27-11-15(23)19(31-21)20(32)29-13-6-4-5-12(9-13)28-17-10-18(22(24,25)26)30-16-8-3-2-7-14(16)17/h2-3,7-8,10-13H,4-6,9H2,1H3,(H,28,30)(H,29,32)/t12-,13?/m0/s1. The Bertz CT molecular complexity index is 1180. The molecule has 1 amide bonds. The number of thioether (sulfide) groups is 1. The smallest absolute Gasteiger partial charge is 0.382 e. The topological polar surface area (TPSA) is 79.8 Å². The van der Waals surface area contributed by atoms with Crippen molar-refractivity contribution in [1.29, 1.82) is 0 Å². The minimum absolute atomic E-state index is 0.0912. The molecule has 33 heavy (non-hydrogen) atoms. The van der Waals surface area contributed by atoms with E-state index < -0.39 is 11.9 Å². The van der Waals surface area contributed by atoms with Crippen molar-refractivity contribution in [2.75, 3.05) is 11.6 Å². The van der Waals surface area contributed by atoms with Gasteiger partial charge in [-0.05, 0) is 60.0 Å². The fourth-order valence-electron chi connectivity index (χ4n) is 3.97. The molecule has 174 valence electrons. The molecule has 0 bridgehead atoms. The minimum atomic E-state index is -4.54. The molecule has 3 aromatic rings. The first-order valence-corrected chi connectivity index (χ1v) is 12.4. The highest BCUT2D eigenvalue weighted by molar-refractivity contribution is 9.10. The Balaban J connectivity index is 1.51. The van der Waals surface area contributed by atoms with Gasteiger partial charge in [-0.2, -0.15) is 13.2 Å². The van der Waals surface area contributed by atoms with Crippen LogP contribution in [0.1, 0.15) is 41.9 Å². The summed E-state index contributed by atoms with van der Waals surface area (Å²) in [6.45, 7) is 0. The van der Waals surface area contributed by atoms with Gasteiger partial charge in [0.15, 0.2) is 5.16 Å². The fraction of sp³-hybridized carbons (Fsp3) is 0.364. The van der Waals surface area contributed by atoms with E-state index >= 15 is 0 Å². The van der Waals surface area contributed by atoms with Crippen LogP contribution >= 0.6 is 27.7 Å². The van der Waals surface area contributed by atoms with Crippen molar-refractivity contribution in [1.82, 2.24) is 20.3 Å². The van der Waals surface area contributed by atoms with Gasteiger partial charge in [0, 0.05) is 29.4 Å². The van der Waals surface area contributed by atoms with Gasteiger partial charge in [0.25, 0.3) is 5.91 Å². The molecule has 6 nitrogen and oxygen atoms in total. The summed E-state index contributed by atoms with van der Waals surface area (Å²) in [4.78, 5) is 25.0. The van der Waals surface area contributed by atoms with E-state index in [4.69, 9.17) is 0 Å². The summed E-state index contributed by atoms with van der Waals surface area (Å²) in [6, 6.07) is 7.61. The second-order valence-electron chi connectivity index (χ2n) is 7.80. The van der Waals surface area contributed by atoms with Crippen LogP contribution in [0.5, 0.6) is 0 Å². The van der Waals surface area contributed by atoms with Crippen LogP contribution < -0.4 is 10.6 Å². The van der Waals surface area contributed by atoms with E-state index in [0.717, 1.165) is 25.3 Å². The zero-order valence-electron chi connectivity index (χ0n) is 17.6. The minimum Gasteiger partial charge on any atom is -0.382 e. The predicted octanol–water partition coefficient (Wildman–Crippen LogP) is 5.68. The van der Waals surface area contributed by atoms with E-state index in [0.29, 0.717) is 27.1 Å². The van der Waals surface area contributed by atoms with Crippen LogP contribution in [-0.2, 0) is 6.18 Å². The van der Waals surface area contributed by atoms with Gasteiger partial charge in [-0.3, -0.25) is 4.79 Å². The van der Waals surface area contributed by atoms with Gasteiger partial charge in [-0.15, -0.1) is 0 Å². The molecule has 2 aromatic heterocycles. The summed E-state index contributed by atoms with van der Waals surface area (Å²) in [5, 5.41) is 7.42. The third-order valence-corrected chi connectivity index (χ3v) is 6.64. The first kappa shape index (κ1) is 23.7. The number of hydrogen-bond donors (Lipinski definition) is 2. The summed E-state index contributed by atoms with van der Waals surface area (Å²) >= 11 is 4.66.